The molecule has 2 aromatic heterocycles. The number of nitrogens with zero attached hydrogens (tertiary/aromatic N) is 3. The number of primary amides is 1. The van der Waals surface area contributed by atoms with Gasteiger partial charge in [-0.3, -0.25) is 9.59 Å². The van der Waals surface area contributed by atoms with Gasteiger partial charge in [0.15, 0.2) is 0 Å². The molecule has 1 fully saturated rings. The summed E-state index contributed by atoms with van der Waals surface area (Å²) in [7, 11) is 0. The molecule has 2 N–H and O–H groups in total. The highest BCUT2D eigenvalue weighted by atomic mass is 32.2. The number of fused-ring (bicyclic) bond motifs is 3. The van der Waals surface area contributed by atoms with E-state index < -0.39 is 0 Å². The van der Waals surface area contributed by atoms with Crippen LogP contribution >= 0.6 is 23.1 Å². The van der Waals surface area contributed by atoms with Crippen molar-refractivity contribution in [3.05, 3.63) is 16.8 Å². The second-order valence-electron chi connectivity index (χ2n) is 7.58. The molecule has 1 aliphatic heterocycles. The van der Waals surface area contributed by atoms with Crippen molar-refractivity contribution in [2.24, 2.45) is 17.6 Å². The number of carbonyl (C=O) groups is 2. The smallest absolute Gasteiger partial charge is 0.233 e. The summed E-state index contributed by atoms with van der Waals surface area (Å²) in [5.41, 5.74) is 6.81. The maximum absolute atomic E-state index is 12.7. The molecule has 8 heteroatoms. The minimum absolute atomic E-state index is 0.0513. The summed E-state index contributed by atoms with van der Waals surface area (Å²) in [4.78, 5) is 37.3. The van der Waals surface area contributed by atoms with Crippen LogP contribution in [0, 0.1) is 11.8 Å². The number of aryl methyl sites for hydroxylation is 1. The highest BCUT2D eigenvalue weighted by Gasteiger charge is 2.28. The predicted molar refractivity (Wildman–Crippen MR) is 108 cm³/mol. The van der Waals surface area contributed by atoms with Crippen molar-refractivity contribution in [3.63, 3.8) is 0 Å². The molecule has 2 atom stereocenters. The fourth-order valence-electron chi connectivity index (χ4n) is 4.01. The molecule has 2 aromatic rings. The quantitative estimate of drug-likeness (QED) is 0.625. The van der Waals surface area contributed by atoms with Crippen LogP contribution in [0.5, 0.6) is 0 Å². The number of aromatic nitrogens is 2. The second-order valence-corrected chi connectivity index (χ2v) is 9.63. The summed E-state index contributed by atoms with van der Waals surface area (Å²) in [5.74, 6) is 0.573. The zero-order valence-corrected chi connectivity index (χ0v) is 17.1. The Balaban J connectivity index is 1.49. The van der Waals surface area contributed by atoms with Crippen LogP contribution in [-0.2, 0) is 22.4 Å². The molecule has 0 saturated carbocycles. The van der Waals surface area contributed by atoms with Crippen molar-refractivity contribution in [1.82, 2.24) is 14.9 Å². The molecule has 1 saturated heterocycles. The van der Waals surface area contributed by atoms with Crippen molar-refractivity contribution >= 4 is 45.1 Å². The molecule has 0 aromatic carbocycles. The Labute approximate surface area is 166 Å². The van der Waals surface area contributed by atoms with E-state index >= 15 is 0 Å². The summed E-state index contributed by atoms with van der Waals surface area (Å²) in [6.45, 7) is 3.44. The van der Waals surface area contributed by atoms with E-state index in [1.807, 2.05) is 0 Å². The molecule has 0 bridgehead atoms. The van der Waals surface area contributed by atoms with Crippen LogP contribution in [0.25, 0.3) is 10.2 Å². The molecule has 0 unspecified atom stereocenters. The molecule has 2 amide bonds. The number of piperidine rings is 1. The Morgan fingerprint density at radius 3 is 3.04 bits per heavy atom. The van der Waals surface area contributed by atoms with Crippen LogP contribution in [-0.4, -0.2) is 45.5 Å². The number of thioether (sulfide) groups is 1. The van der Waals surface area contributed by atoms with Gasteiger partial charge in [0.05, 0.1) is 11.7 Å². The molecule has 0 spiro atoms. The second kappa shape index (κ2) is 7.75. The lowest BCUT2D eigenvalue weighted by molar-refractivity contribution is -0.132. The van der Waals surface area contributed by atoms with Gasteiger partial charge in [0.1, 0.15) is 16.2 Å². The lowest BCUT2D eigenvalue weighted by Crippen LogP contribution is -2.44. The molecule has 4 rings (SSSR count). The highest BCUT2D eigenvalue weighted by molar-refractivity contribution is 8.00. The number of hydrogen-bond donors (Lipinski definition) is 1. The van der Waals surface area contributed by atoms with E-state index in [-0.39, 0.29) is 17.7 Å². The standard InChI is InChI=1S/C19H24N4O2S2/c1-11-4-5-13-14(7-11)27-19-16(13)18(21-10-22-19)26-9-15(24)23-6-2-3-12(8-23)17(20)25/h10-12H,2-9H2,1H3,(H2,20,25)/t11-,12+/m1/s1. The van der Waals surface area contributed by atoms with Crippen molar-refractivity contribution in [1.29, 1.82) is 0 Å². The van der Waals surface area contributed by atoms with Crippen molar-refractivity contribution in [2.45, 2.75) is 44.1 Å². The van der Waals surface area contributed by atoms with Crippen LogP contribution in [0.3, 0.4) is 0 Å². The largest absolute Gasteiger partial charge is 0.369 e. The number of nitrogens with two attached hydrogens (primary N) is 1. The van der Waals surface area contributed by atoms with Crippen molar-refractivity contribution < 1.29 is 9.59 Å². The van der Waals surface area contributed by atoms with Crippen LogP contribution in [0.4, 0.5) is 0 Å². The summed E-state index contributed by atoms with van der Waals surface area (Å²) < 4.78 is 0. The topological polar surface area (TPSA) is 89.2 Å². The first-order valence-electron chi connectivity index (χ1n) is 9.48. The maximum atomic E-state index is 12.7. The van der Waals surface area contributed by atoms with Crippen LogP contribution in [0.15, 0.2) is 11.4 Å². The lowest BCUT2D eigenvalue weighted by Gasteiger charge is -2.31. The lowest BCUT2D eigenvalue weighted by atomic mass is 9.89. The SMILES string of the molecule is C[C@@H]1CCc2c(sc3ncnc(SCC(=O)N4CCC[C@H](C(N)=O)C4)c23)C1. The molecule has 27 heavy (non-hydrogen) atoms. The zero-order valence-electron chi connectivity index (χ0n) is 15.4. The fraction of sp³-hybridized carbons (Fsp3) is 0.579. The molecule has 2 aliphatic rings. The van der Waals surface area contributed by atoms with Crippen molar-refractivity contribution in [3.8, 4) is 0 Å². The normalized spacial score (nSPS) is 22.6. The summed E-state index contributed by atoms with van der Waals surface area (Å²) >= 11 is 3.26. The molecule has 3 heterocycles. The average molecular weight is 405 g/mol. The molecule has 1 aliphatic carbocycles. The molecule has 0 radical (unpaired) electrons. The van der Waals surface area contributed by atoms with Crippen LogP contribution in [0.1, 0.15) is 36.6 Å². The Morgan fingerprint density at radius 2 is 2.22 bits per heavy atom. The first kappa shape index (κ1) is 18.7. The number of likely N-dealkylation sites (tertiary alicyclic amines) is 1. The Bertz CT molecular complexity index is 882. The first-order valence-corrected chi connectivity index (χ1v) is 11.3. The Hall–Kier alpha value is -1.67. The van der Waals surface area contributed by atoms with Gasteiger partial charge < -0.3 is 10.6 Å². The maximum Gasteiger partial charge on any atom is 0.233 e. The van der Waals surface area contributed by atoms with Gasteiger partial charge in [0.2, 0.25) is 11.8 Å². The van der Waals surface area contributed by atoms with E-state index in [0.29, 0.717) is 24.8 Å². The van der Waals surface area contributed by atoms with Crippen LogP contribution < -0.4 is 5.73 Å². The fourth-order valence-corrected chi connectivity index (χ4v) is 6.36. The van der Waals surface area contributed by atoms with Gasteiger partial charge in [-0.05, 0) is 43.6 Å². The average Bonchev–Trinajstić information content (AvgIpc) is 3.04. The van der Waals surface area contributed by atoms with E-state index in [1.165, 1.54) is 28.6 Å². The predicted octanol–water partition coefficient (Wildman–Crippen LogP) is 2.63. The molecule has 6 nitrogen and oxygen atoms in total. The van der Waals surface area contributed by atoms with Gasteiger partial charge in [0.25, 0.3) is 0 Å². The molecule has 144 valence electrons. The van der Waals surface area contributed by atoms with Gasteiger partial charge >= 0.3 is 0 Å². The van der Waals surface area contributed by atoms with E-state index in [0.717, 1.165) is 40.9 Å². The van der Waals surface area contributed by atoms with Gasteiger partial charge in [-0.1, -0.05) is 18.7 Å². The van der Waals surface area contributed by atoms with Gasteiger partial charge in [-0.15, -0.1) is 11.3 Å². The number of rotatable bonds is 4. The third-order valence-electron chi connectivity index (χ3n) is 5.57. The van der Waals surface area contributed by atoms with Gasteiger partial charge in [-0.2, -0.15) is 0 Å². The zero-order chi connectivity index (χ0) is 19.0. The number of amides is 2. The highest BCUT2D eigenvalue weighted by Crippen LogP contribution is 2.40. The molecular weight excluding hydrogens is 380 g/mol. The number of carbonyl (C=O) groups excluding carboxylic acids is 2. The van der Waals surface area contributed by atoms with E-state index in [4.69, 9.17) is 5.73 Å². The van der Waals surface area contributed by atoms with Gasteiger partial charge in [-0.25, -0.2) is 9.97 Å². The van der Waals surface area contributed by atoms with Crippen LogP contribution in [0.2, 0.25) is 0 Å². The number of hydrogen-bond acceptors (Lipinski definition) is 6. The third kappa shape index (κ3) is 3.82. The monoisotopic (exact) mass is 404 g/mol. The van der Waals surface area contributed by atoms with Gasteiger partial charge in [0, 0.05) is 23.4 Å². The summed E-state index contributed by atoms with van der Waals surface area (Å²) in [5, 5.41) is 2.06. The summed E-state index contributed by atoms with van der Waals surface area (Å²) in [6.07, 6.45) is 6.58. The first-order chi connectivity index (χ1) is 13.0. The Kier molecular flexibility index (Phi) is 5.36. The third-order valence-corrected chi connectivity index (χ3v) is 7.70. The summed E-state index contributed by atoms with van der Waals surface area (Å²) in [6, 6.07) is 0. The minimum Gasteiger partial charge on any atom is -0.369 e. The van der Waals surface area contributed by atoms with Crippen molar-refractivity contribution in [2.75, 3.05) is 18.8 Å². The Morgan fingerprint density at radius 1 is 1.37 bits per heavy atom. The van der Waals surface area contributed by atoms with E-state index in [9.17, 15) is 9.59 Å². The number of thiophene rings is 1. The molecular formula is C19H24N4O2S2. The van der Waals surface area contributed by atoms with E-state index in [2.05, 4.69) is 16.9 Å². The van der Waals surface area contributed by atoms with E-state index in [1.54, 1.807) is 22.6 Å². The minimum atomic E-state index is -0.309.